The van der Waals surface area contributed by atoms with Gasteiger partial charge in [0.2, 0.25) is 5.82 Å². The lowest BCUT2D eigenvalue weighted by molar-refractivity contribution is 0.432. The van der Waals surface area contributed by atoms with Gasteiger partial charge in [-0.1, -0.05) is 5.16 Å². The van der Waals surface area contributed by atoms with Crippen LogP contribution in [-0.4, -0.2) is 15.1 Å². The number of nitrogens with zero attached hydrogens (tertiary/aromatic N) is 3. The molecule has 3 aromatic rings. The third-order valence-corrected chi connectivity index (χ3v) is 2.93. The van der Waals surface area contributed by atoms with Crippen LogP contribution in [0.3, 0.4) is 0 Å². The van der Waals surface area contributed by atoms with Gasteiger partial charge in [0.05, 0.1) is 5.56 Å². The number of aromatic nitrogens is 3. The SMILES string of the molecule is Cc1cnccc1-c1noc(-c2ccc(F)cc2N)n1. The van der Waals surface area contributed by atoms with Crippen molar-refractivity contribution in [3.8, 4) is 22.8 Å². The standard InChI is InChI=1S/C14H11FN4O/c1-8-7-17-5-4-10(8)13-18-14(20-19-13)11-3-2-9(15)6-12(11)16/h2-7H,16H2,1H3. The molecule has 3 rings (SSSR count). The van der Waals surface area contributed by atoms with Gasteiger partial charge in [0.1, 0.15) is 5.82 Å². The molecule has 0 aliphatic rings. The van der Waals surface area contributed by atoms with Crippen LogP contribution in [0.2, 0.25) is 0 Å². The summed E-state index contributed by atoms with van der Waals surface area (Å²) in [5, 5.41) is 3.92. The molecule has 6 heteroatoms. The smallest absolute Gasteiger partial charge is 0.260 e. The Hall–Kier alpha value is -2.76. The van der Waals surface area contributed by atoms with Crippen LogP contribution in [0.1, 0.15) is 5.56 Å². The van der Waals surface area contributed by atoms with Gasteiger partial charge in [0.15, 0.2) is 0 Å². The van der Waals surface area contributed by atoms with Crippen molar-refractivity contribution in [2.45, 2.75) is 6.92 Å². The van der Waals surface area contributed by atoms with Crippen molar-refractivity contribution in [2.24, 2.45) is 0 Å². The average molecular weight is 270 g/mol. The molecule has 2 heterocycles. The molecule has 0 aliphatic carbocycles. The average Bonchev–Trinajstić information content (AvgIpc) is 2.88. The second-order valence-corrected chi connectivity index (χ2v) is 4.35. The Balaban J connectivity index is 2.04. The number of pyridine rings is 1. The van der Waals surface area contributed by atoms with Crippen molar-refractivity contribution in [3.05, 3.63) is 48.0 Å². The lowest BCUT2D eigenvalue weighted by atomic mass is 10.1. The highest BCUT2D eigenvalue weighted by molar-refractivity contribution is 5.71. The van der Waals surface area contributed by atoms with E-state index in [1.807, 2.05) is 6.92 Å². The fourth-order valence-electron chi connectivity index (χ4n) is 1.89. The van der Waals surface area contributed by atoms with Gasteiger partial charge >= 0.3 is 0 Å². The topological polar surface area (TPSA) is 77.8 Å². The highest BCUT2D eigenvalue weighted by Gasteiger charge is 2.14. The number of hydrogen-bond acceptors (Lipinski definition) is 5. The summed E-state index contributed by atoms with van der Waals surface area (Å²) in [6.45, 7) is 1.91. The lowest BCUT2D eigenvalue weighted by Gasteiger charge is -2.00. The highest BCUT2D eigenvalue weighted by atomic mass is 19.1. The van der Waals surface area contributed by atoms with Crippen LogP contribution in [0.15, 0.2) is 41.2 Å². The maximum atomic E-state index is 13.0. The maximum absolute atomic E-state index is 13.0. The van der Waals surface area contributed by atoms with E-state index in [0.29, 0.717) is 11.4 Å². The minimum Gasteiger partial charge on any atom is -0.398 e. The van der Waals surface area contributed by atoms with Gasteiger partial charge in [-0.05, 0) is 36.8 Å². The lowest BCUT2D eigenvalue weighted by Crippen LogP contribution is -1.91. The van der Waals surface area contributed by atoms with Crippen LogP contribution in [-0.2, 0) is 0 Å². The Bertz CT molecular complexity index is 769. The molecule has 0 unspecified atom stereocenters. The van der Waals surface area contributed by atoms with Crippen LogP contribution in [0, 0.1) is 12.7 Å². The highest BCUT2D eigenvalue weighted by Crippen LogP contribution is 2.27. The first-order valence-electron chi connectivity index (χ1n) is 5.95. The quantitative estimate of drug-likeness (QED) is 0.724. The van der Waals surface area contributed by atoms with Gasteiger partial charge in [-0.25, -0.2) is 4.39 Å². The van der Waals surface area contributed by atoms with Crippen LogP contribution >= 0.6 is 0 Å². The second kappa shape index (κ2) is 4.73. The Morgan fingerprint density at radius 2 is 2.05 bits per heavy atom. The van der Waals surface area contributed by atoms with Crippen molar-refractivity contribution < 1.29 is 8.91 Å². The van der Waals surface area contributed by atoms with E-state index in [0.717, 1.165) is 11.1 Å². The number of hydrogen-bond donors (Lipinski definition) is 1. The second-order valence-electron chi connectivity index (χ2n) is 4.35. The Labute approximate surface area is 114 Å². The predicted molar refractivity (Wildman–Crippen MR) is 72.1 cm³/mol. The Morgan fingerprint density at radius 3 is 2.80 bits per heavy atom. The minimum absolute atomic E-state index is 0.256. The normalized spacial score (nSPS) is 10.7. The summed E-state index contributed by atoms with van der Waals surface area (Å²) in [6, 6.07) is 5.84. The molecular formula is C14H11FN4O. The Kier molecular flexibility index (Phi) is 2.90. The van der Waals surface area contributed by atoms with E-state index < -0.39 is 5.82 Å². The molecule has 100 valence electrons. The molecule has 0 atom stereocenters. The molecule has 0 saturated carbocycles. The fourth-order valence-corrected chi connectivity index (χ4v) is 1.89. The van der Waals surface area contributed by atoms with E-state index in [4.69, 9.17) is 10.3 Å². The zero-order valence-corrected chi connectivity index (χ0v) is 10.7. The summed E-state index contributed by atoms with van der Waals surface area (Å²) in [6.07, 6.45) is 3.38. The zero-order chi connectivity index (χ0) is 14.1. The number of benzene rings is 1. The molecule has 0 spiro atoms. The van der Waals surface area contributed by atoms with Crippen molar-refractivity contribution in [1.82, 2.24) is 15.1 Å². The molecule has 0 fully saturated rings. The monoisotopic (exact) mass is 270 g/mol. The molecule has 0 amide bonds. The Morgan fingerprint density at radius 1 is 1.20 bits per heavy atom. The largest absolute Gasteiger partial charge is 0.398 e. The van der Waals surface area contributed by atoms with Crippen LogP contribution in [0.25, 0.3) is 22.8 Å². The molecule has 0 bridgehead atoms. The number of nitrogens with two attached hydrogens (primary N) is 1. The number of nitrogen functional groups attached to an aromatic ring is 1. The summed E-state index contributed by atoms with van der Waals surface area (Å²) in [5.74, 6) is 0.299. The number of halogens is 1. The summed E-state index contributed by atoms with van der Waals surface area (Å²) in [4.78, 5) is 8.31. The van der Waals surface area contributed by atoms with Crippen molar-refractivity contribution >= 4 is 5.69 Å². The number of anilines is 1. The molecule has 20 heavy (non-hydrogen) atoms. The molecular weight excluding hydrogens is 259 g/mol. The van der Waals surface area contributed by atoms with Crippen LogP contribution in [0.5, 0.6) is 0 Å². The van der Waals surface area contributed by atoms with Crippen LogP contribution in [0.4, 0.5) is 10.1 Å². The number of aryl methyl sites for hydroxylation is 1. The summed E-state index contributed by atoms with van der Waals surface area (Å²) in [5.41, 5.74) is 8.29. The summed E-state index contributed by atoms with van der Waals surface area (Å²) >= 11 is 0. The van der Waals surface area contributed by atoms with Gasteiger partial charge in [0.25, 0.3) is 5.89 Å². The van der Waals surface area contributed by atoms with Crippen molar-refractivity contribution in [2.75, 3.05) is 5.73 Å². The van der Waals surface area contributed by atoms with E-state index >= 15 is 0 Å². The number of rotatable bonds is 2. The van der Waals surface area contributed by atoms with E-state index in [1.54, 1.807) is 18.5 Å². The third kappa shape index (κ3) is 2.11. The first-order chi connectivity index (χ1) is 9.65. The van der Waals surface area contributed by atoms with E-state index in [-0.39, 0.29) is 11.6 Å². The molecule has 5 nitrogen and oxygen atoms in total. The van der Waals surface area contributed by atoms with Crippen molar-refractivity contribution in [3.63, 3.8) is 0 Å². The molecule has 2 N–H and O–H groups in total. The third-order valence-electron chi connectivity index (χ3n) is 2.93. The fraction of sp³-hybridized carbons (Fsp3) is 0.0714. The molecule has 2 aromatic heterocycles. The van der Waals surface area contributed by atoms with Gasteiger partial charge in [-0.2, -0.15) is 4.98 Å². The minimum atomic E-state index is -0.407. The predicted octanol–water partition coefficient (Wildman–Crippen LogP) is 2.83. The van der Waals surface area contributed by atoms with Gasteiger partial charge in [-0.3, -0.25) is 4.98 Å². The summed E-state index contributed by atoms with van der Waals surface area (Å²) < 4.78 is 18.2. The van der Waals surface area contributed by atoms with Crippen molar-refractivity contribution in [1.29, 1.82) is 0 Å². The molecule has 0 saturated heterocycles. The van der Waals surface area contributed by atoms with E-state index in [9.17, 15) is 4.39 Å². The van der Waals surface area contributed by atoms with Gasteiger partial charge < -0.3 is 10.3 Å². The molecule has 0 aliphatic heterocycles. The molecule has 1 aromatic carbocycles. The van der Waals surface area contributed by atoms with Crippen LogP contribution < -0.4 is 5.73 Å². The van der Waals surface area contributed by atoms with Gasteiger partial charge in [0, 0.05) is 23.6 Å². The molecule has 0 radical (unpaired) electrons. The van der Waals surface area contributed by atoms with E-state index in [2.05, 4.69) is 15.1 Å². The first-order valence-corrected chi connectivity index (χ1v) is 5.95. The van der Waals surface area contributed by atoms with E-state index in [1.165, 1.54) is 18.2 Å². The summed E-state index contributed by atoms with van der Waals surface area (Å²) in [7, 11) is 0. The first kappa shape index (κ1) is 12.3. The van der Waals surface area contributed by atoms with Gasteiger partial charge in [-0.15, -0.1) is 0 Å². The zero-order valence-electron chi connectivity index (χ0n) is 10.7. The maximum Gasteiger partial charge on any atom is 0.260 e.